The monoisotopic (exact) mass is 1380 g/mol. The largest absolute Gasteiger partial charge is 0.497 e. The number of rotatable bonds is 16. The molecule has 0 aliphatic carbocycles. The number of azo groups is 4. The van der Waals surface area contributed by atoms with Crippen LogP contribution >= 0.6 is 95.9 Å². The van der Waals surface area contributed by atoms with Crippen LogP contribution in [-0.4, -0.2) is 125 Å². The summed E-state index contributed by atoms with van der Waals surface area (Å²) in [4.78, 5) is 10.9. The second-order valence-corrected chi connectivity index (χ2v) is 25.9. The van der Waals surface area contributed by atoms with Crippen LogP contribution in [0.5, 0.6) is 46.0 Å². The lowest BCUT2D eigenvalue weighted by Gasteiger charge is -2.24. The smallest absolute Gasteiger partial charge is 0.264 e. The molecule has 0 atom stereocenters. The molecule has 0 amide bonds. The SMILES string of the molecule is COc1ccc(N=Nc2cc3c(OC(=S)N(C)C)c(c2)Sc2cc(N=Nc4ccc(OC)cc4)cc(c2OC(=S)N(C)C)Sc2cc(N=Nc4ccc(OC)cc4)cc(c2OC(=S)N(C)C)Sc2cc(N=Nc4ccc(OC)cc4)cc(c2OC(=S)N(C)C)S3)cc1. The maximum absolute atomic E-state index is 6.89. The van der Waals surface area contributed by atoms with Crippen LogP contribution in [0.2, 0.25) is 0 Å². The first-order valence-electron chi connectivity index (χ1n) is 27.5. The van der Waals surface area contributed by atoms with Crippen molar-refractivity contribution >= 4 is 162 Å². The van der Waals surface area contributed by atoms with Gasteiger partial charge in [0.05, 0.1) is 113 Å². The lowest BCUT2D eigenvalue weighted by molar-refractivity contribution is 0.414. The van der Waals surface area contributed by atoms with Gasteiger partial charge in [0.25, 0.3) is 20.7 Å². The highest BCUT2D eigenvalue weighted by Crippen LogP contribution is 2.57. The molecule has 28 heteroatoms. The fourth-order valence-electron chi connectivity index (χ4n) is 7.74. The molecule has 20 nitrogen and oxygen atoms in total. The lowest BCUT2D eigenvalue weighted by Crippen LogP contribution is -2.26. The van der Waals surface area contributed by atoms with Crippen molar-refractivity contribution in [3.8, 4) is 46.0 Å². The Balaban J connectivity index is 1.42. The number of benzene rings is 8. The summed E-state index contributed by atoms with van der Waals surface area (Å²) >= 11 is 29.1. The van der Waals surface area contributed by atoms with E-state index in [9.17, 15) is 0 Å². The summed E-state index contributed by atoms with van der Waals surface area (Å²) in [5, 5.41) is 38.9. The molecule has 0 aromatic heterocycles. The van der Waals surface area contributed by atoms with Gasteiger partial charge in [0, 0.05) is 56.4 Å². The van der Waals surface area contributed by atoms with Crippen LogP contribution in [0.25, 0.3) is 0 Å². The Morgan fingerprint density at radius 3 is 0.554 bits per heavy atom. The molecule has 1 aliphatic heterocycles. The zero-order valence-electron chi connectivity index (χ0n) is 51.8. The van der Waals surface area contributed by atoms with E-state index in [-0.39, 0.29) is 20.7 Å². The van der Waals surface area contributed by atoms with Crippen LogP contribution < -0.4 is 37.9 Å². The summed E-state index contributed by atoms with van der Waals surface area (Å²) in [6.45, 7) is 0. The minimum absolute atomic E-state index is 0.143. The van der Waals surface area contributed by atoms with Crippen LogP contribution in [0.1, 0.15) is 0 Å². The van der Waals surface area contributed by atoms with Crippen molar-refractivity contribution in [1.82, 2.24) is 19.6 Å². The van der Waals surface area contributed by atoms with Gasteiger partial charge in [-0.25, -0.2) is 0 Å². The standard InChI is InChI=1S/C64H60N12O8S8/c1-73(2)61(85)81-57-49-29-41(69-65-37-13-21-45(77-9)22-14-37)30-50(57)90-52-32-43(71-67-39-17-25-47(79-11)26-18-39)34-54(59(52)83-63(87)75(5)6)92-56-36-44(72-68-40-19-27-48(80-12)28-20-40)35-55(60(56)84-64(88)76(7)8)91-53-33-42(70-66-38-15-23-46(78-10)24-16-38)31-51(89-49)58(53)82-62(86)74(3)4/h13-36H,1-12H3. The molecule has 472 valence electrons. The number of thiocarbonyl (C=S) groups is 4. The van der Waals surface area contributed by atoms with Gasteiger partial charge < -0.3 is 57.5 Å². The first-order valence-corrected chi connectivity index (χ1v) is 32.4. The molecular weight excluding hydrogens is 1320 g/mol. The van der Waals surface area contributed by atoms with Crippen LogP contribution in [0, 0.1) is 0 Å². The van der Waals surface area contributed by atoms with Crippen molar-refractivity contribution in [2.45, 2.75) is 39.2 Å². The average Bonchev–Trinajstić information content (AvgIpc) is 0.792. The molecule has 0 radical (unpaired) electrons. The summed E-state index contributed by atoms with van der Waals surface area (Å²) in [6, 6.07) is 43.7. The third kappa shape index (κ3) is 18.0. The topological polar surface area (TPSA) is 186 Å². The first-order chi connectivity index (χ1) is 44.3. The molecule has 1 heterocycles. The normalized spacial score (nSPS) is 12.0. The van der Waals surface area contributed by atoms with Crippen molar-refractivity contribution in [2.75, 3.05) is 84.8 Å². The van der Waals surface area contributed by atoms with E-state index in [1.54, 1.807) is 104 Å². The second kappa shape index (κ2) is 31.7. The Morgan fingerprint density at radius 2 is 0.413 bits per heavy atom. The van der Waals surface area contributed by atoms with E-state index in [4.69, 9.17) is 128 Å². The maximum atomic E-state index is 6.89. The van der Waals surface area contributed by atoms with E-state index in [2.05, 4.69) is 0 Å². The number of methoxy groups -OCH3 is 4. The van der Waals surface area contributed by atoms with Crippen molar-refractivity contribution in [1.29, 1.82) is 0 Å². The van der Waals surface area contributed by atoms with E-state index < -0.39 is 0 Å². The molecule has 9 rings (SSSR count). The van der Waals surface area contributed by atoms with Crippen molar-refractivity contribution in [3.05, 3.63) is 146 Å². The fraction of sp³-hybridized carbons (Fsp3) is 0.188. The predicted octanol–water partition coefficient (Wildman–Crippen LogP) is 19.2. The van der Waals surface area contributed by atoms with Gasteiger partial charge in [0.2, 0.25) is 0 Å². The zero-order valence-corrected chi connectivity index (χ0v) is 58.3. The molecule has 92 heavy (non-hydrogen) atoms. The Morgan fingerprint density at radius 1 is 0.261 bits per heavy atom. The van der Waals surface area contributed by atoms with Gasteiger partial charge in [-0.1, -0.05) is 47.0 Å². The molecule has 0 spiro atoms. The summed E-state index contributed by atoms with van der Waals surface area (Å²) < 4.78 is 49.4. The summed E-state index contributed by atoms with van der Waals surface area (Å²) in [6.07, 6.45) is 0. The average molecular weight is 1380 g/mol. The Kier molecular flexibility index (Phi) is 23.4. The Hall–Kier alpha value is -8.48. The number of hydrogen-bond donors (Lipinski definition) is 0. The van der Waals surface area contributed by atoms with Crippen molar-refractivity contribution < 1.29 is 37.9 Å². The molecule has 8 aromatic carbocycles. The first kappa shape index (κ1) is 67.9. The summed E-state index contributed by atoms with van der Waals surface area (Å²) in [7, 11) is 20.8. The molecule has 8 bridgehead atoms. The molecule has 0 saturated carbocycles. The van der Waals surface area contributed by atoms with Gasteiger partial charge in [-0.3, -0.25) is 0 Å². The van der Waals surface area contributed by atoms with Gasteiger partial charge in [-0.05, 0) is 194 Å². The van der Waals surface area contributed by atoms with Gasteiger partial charge in [0.1, 0.15) is 23.0 Å². The molecule has 0 N–H and O–H groups in total. The van der Waals surface area contributed by atoms with E-state index in [1.807, 2.05) is 146 Å². The summed E-state index contributed by atoms with van der Waals surface area (Å²) in [5.41, 5.74) is 3.95. The highest BCUT2D eigenvalue weighted by molar-refractivity contribution is 8.01. The molecule has 0 saturated heterocycles. The van der Waals surface area contributed by atoms with Gasteiger partial charge >= 0.3 is 0 Å². The third-order valence-electron chi connectivity index (χ3n) is 12.5. The summed E-state index contributed by atoms with van der Waals surface area (Å²) in [5.74, 6) is 3.98. The van der Waals surface area contributed by atoms with E-state index in [1.165, 1.54) is 47.0 Å². The molecule has 8 aromatic rings. The quantitative estimate of drug-likeness (QED) is 0.0656. The third-order valence-corrected chi connectivity index (χ3v) is 18.5. The lowest BCUT2D eigenvalue weighted by atomic mass is 10.3. The van der Waals surface area contributed by atoms with Gasteiger partial charge in [-0.2, -0.15) is 40.9 Å². The number of fused-ring (bicyclic) bond motifs is 8. The highest BCUT2D eigenvalue weighted by Gasteiger charge is 2.29. The fourth-order valence-corrected chi connectivity index (χ4v) is 12.7. The van der Waals surface area contributed by atoms with Crippen LogP contribution in [-0.2, 0) is 0 Å². The number of hydrogen-bond acceptors (Lipinski definition) is 24. The van der Waals surface area contributed by atoms with E-state index in [0.29, 0.717) is 131 Å². The molecule has 0 unspecified atom stereocenters. The second-order valence-electron chi connectivity index (χ2n) is 20.1. The van der Waals surface area contributed by atoms with Crippen molar-refractivity contribution in [2.24, 2.45) is 40.9 Å². The van der Waals surface area contributed by atoms with Crippen molar-refractivity contribution in [3.63, 3.8) is 0 Å². The van der Waals surface area contributed by atoms with Gasteiger partial charge in [-0.15, -0.1) is 0 Å². The van der Waals surface area contributed by atoms with Crippen LogP contribution in [0.3, 0.4) is 0 Å². The molecule has 1 aliphatic rings. The highest BCUT2D eigenvalue weighted by atomic mass is 32.2. The van der Waals surface area contributed by atoms with Crippen LogP contribution in [0.15, 0.2) is 226 Å². The maximum Gasteiger partial charge on any atom is 0.264 e. The van der Waals surface area contributed by atoms with Gasteiger partial charge in [0.15, 0.2) is 23.0 Å². The molecular formula is C64H60N12O8S8. The number of nitrogens with zero attached hydrogens (tertiary/aromatic N) is 12. The van der Waals surface area contributed by atoms with Crippen LogP contribution in [0.4, 0.5) is 45.5 Å². The van der Waals surface area contributed by atoms with E-state index in [0.717, 1.165) is 0 Å². The minimum atomic E-state index is 0.143. The molecule has 0 fully saturated rings. The predicted molar refractivity (Wildman–Crippen MR) is 379 cm³/mol. The Labute approximate surface area is 571 Å². The zero-order chi connectivity index (χ0) is 65.6. The Bertz CT molecular complexity index is 3530. The number of ether oxygens (including phenoxy) is 8. The van der Waals surface area contributed by atoms with E-state index >= 15 is 0 Å². The minimum Gasteiger partial charge on any atom is -0.497 e.